The fourth-order valence-electron chi connectivity index (χ4n) is 2.23. The summed E-state index contributed by atoms with van der Waals surface area (Å²) in [7, 11) is 1.69. The van der Waals surface area contributed by atoms with E-state index >= 15 is 0 Å². The minimum atomic E-state index is 0.1000. The molecule has 1 aliphatic rings. The number of nitrogens with zero attached hydrogens (tertiary/aromatic N) is 4. The van der Waals surface area contributed by atoms with E-state index < -0.39 is 0 Å². The van der Waals surface area contributed by atoms with Gasteiger partial charge in [0.2, 0.25) is 0 Å². The number of nitrogens with one attached hydrogen (secondary N) is 1. The molecule has 0 aromatic carbocycles. The normalized spacial score (nSPS) is 25.5. The Labute approximate surface area is 107 Å². The molecule has 1 aromatic heterocycles. The van der Waals surface area contributed by atoms with Crippen LogP contribution in [-0.2, 0) is 9.47 Å². The number of tetrazole rings is 1. The Hall–Kier alpha value is -1.05. The Morgan fingerprint density at radius 3 is 3.11 bits per heavy atom. The van der Waals surface area contributed by atoms with Crippen LogP contribution >= 0.6 is 0 Å². The van der Waals surface area contributed by atoms with E-state index in [0.29, 0.717) is 6.61 Å². The third-order valence-corrected chi connectivity index (χ3v) is 3.31. The SMILES string of the molecule is COCCNC(C)c1nnnn1C1CCOC1C. The van der Waals surface area contributed by atoms with Crippen molar-refractivity contribution in [2.75, 3.05) is 26.9 Å². The second-order valence-electron chi connectivity index (χ2n) is 4.58. The van der Waals surface area contributed by atoms with Crippen molar-refractivity contribution in [1.82, 2.24) is 25.5 Å². The van der Waals surface area contributed by atoms with Gasteiger partial charge in [-0.15, -0.1) is 5.10 Å². The van der Waals surface area contributed by atoms with Crippen molar-refractivity contribution in [1.29, 1.82) is 0 Å². The van der Waals surface area contributed by atoms with Crippen LogP contribution in [-0.4, -0.2) is 53.2 Å². The summed E-state index contributed by atoms with van der Waals surface area (Å²) in [5.74, 6) is 0.855. The average Bonchev–Trinajstić information content (AvgIpc) is 2.97. The minimum Gasteiger partial charge on any atom is -0.383 e. The maximum atomic E-state index is 5.57. The lowest BCUT2D eigenvalue weighted by Crippen LogP contribution is -2.28. The average molecular weight is 255 g/mol. The van der Waals surface area contributed by atoms with Crippen LogP contribution in [0.25, 0.3) is 0 Å². The quantitative estimate of drug-likeness (QED) is 0.738. The van der Waals surface area contributed by atoms with E-state index in [9.17, 15) is 0 Å². The molecule has 0 saturated carbocycles. The van der Waals surface area contributed by atoms with Gasteiger partial charge < -0.3 is 14.8 Å². The van der Waals surface area contributed by atoms with E-state index in [4.69, 9.17) is 9.47 Å². The first-order valence-corrected chi connectivity index (χ1v) is 6.35. The van der Waals surface area contributed by atoms with Crippen molar-refractivity contribution in [3.63, 3.8) is 0 Å². The smallest absolute Gasteiger partial charge is 0.168 e. The highest BCUT2D eigenvalue weighted by atomic mass is 16.5. The Morgan fingerprint density at radius 1 is 1.61 bits per heavy atom. The maximum Gasteiger partial charge on any atom is 0.168 e. The zero-order valence-electron chi connectivity index (χ0n) is 11.2. The van der Waals surface area contributed by atoms with Crippen molar-refractivity contribution in [2.45, 2.75) is 38.5 Å². The molecule has 7 heteroatoms. The number of hydrogen-bond donors (Lipinski definition) is 1. The molecule has 102 valence electrons. The Bertz CT molecular complexity index is 370. The highest BCUT2D eigenvalue weighted by molar-refractivity contribution is 4.94. The summed E-state index contributed by atoms with van der Waals surface area (Å²) in [4.78, 5) is 0. The van der Waals surface area contributed by atoms with Gasteiger partial charge in [-0.1, -0.05) is 0 Å². The molecule has 0 aliphatic carbocycles. The van der Waals surface area contributed by atoms with Gasteiger partial charge in [0.1, 0.15) is 0 Å². The molecule has 7 nitrogen and oxygen atoms in total. The fourth-order valence-corrected chi connectivity index (χ4v) is 2.23. The first kappa shape index (κ1) is 13.4. The van der Waals surface area contributed by atoms with Crippen LogP contribution in [0.1, 0.15) is 38.2 Å². The predicted molar refractivity (Wildman–Crippen MR) is 65.2 cm³/mol. The first-order chi connectivity index (χ1) is 8.74. The van der Waals surface area contributed by atoms with Gasteiger partial charge in [0, 0.05) is 20.3 Å². The Morgan fingerprint density at radius 2 is 2.44 bits per heavy atom. The van der Waals surface area contributed by atoms with Gasteiger partial charge in [-0.05, 0) is 30.7 Å². The van der Waals surface area contributed by atoms with Crippen molar-refractivity contribution in [3.8, 4) is 0 Å². The number of hydrogen-bond acceptors (Lipinski definition) is 6. The van der Waals surface area contributed by atoms with Gasteiger partial charge in [0.05, 0.1) is 24.8 Å². The van der Waals surface area contributed by atoms with Gasteiger partial charge in [-0.3, -0.25) is 0 Å². The van der Waals surface area contributed by atoms with E-state index in [2.05, 4.69) is 34.7 Å². The van der Waals surface area contributed by atoms with Gasteiger partial charge in [-0.2, -0.15) is 0 Å². The van der Waals surface area contributed by atoms with E-state index in [1.54, 1.807) is 7.11 Å². The predicted octanol–water partition coefficient (Wildman–Crippen LogP) is 0.320. The minimum absolute atomic E-state index is 0.1000. The third kappa shape index (κ3) is 2.85. The summed E-state index contributed by atoms with van der Waals surface area (Å²) in [6.07, 6.45) is 1.13. The van der Waals surface area contributed by atoms with Crippen LogP contribution in [0, 0.1) is 0 Å². The van der Waals surface area contributed by atoms with Crippen molar-refractivity contribution >= 4 is 0 Å². The largest absolute Gasteiger partial charge is 0.383 e. The molecule has 0 bridgehead atoms. The molecule has 1 aromatic rings. The summed E-state index contributed by atoms with van der Waals surface area (Å²) in [6, 6.07) is 0.338. The second-order valence-corrected chi connectivity index (χ2v) is 4.58. The van der Waals surface area contributed by atoms with E-state index in [-0.39, 0.29) is 18.2 Å². The third-order valence-electron chi connectivity index (χ3n) is 3.31. The van der Waals surface area contributed by atoms with Crippen LogP contribution in [0.5, 0.6) is 0 Å². The zero-order chi connectivity index (χ0) is 13.0. The topological polar surface area (TPSA) is 74.1 Å². The molecule has 0 amide bonds. The lowest BCUT2D eigenvalue weighted by atomic mass is 10.1. The molecular formula is C11H21N5O2. The van der Waals surface area contributed by atoms with Crippen LogP contribution in [0.3, 0.4) is 0 Å². The molecule has 2 rings (SSSR count). The van der Waals surface area contributed by atoms with Gasteiger partial charge in [0.25, 0.3) is 0 Å². The molecule has 3 unspecified atom stereocenters. The standard InChI is InChI=1S/C11H21N5O2/c1-8(12-5-7-17-3)11-13-14-15-16(11)10-4-6-18-9(10)2/h8-10,12H,4-7H2,1-3H3. The van der Waals surface area contributed by atoms with Crippen molar-refractivity contribution in [2.24, 2.45) is 0 Å². The second kappa shape index (κ2) is 6.21. The van der Waals surface area contributed by atoms with E-state index in [1.807, 2.05) is 4.68 Å². The molecule has 1 fully saturated rings. The monoisotopic (exact) mass is 255 g/mol. The molecule has 0 radical (unpaired) electrons. The van der Waals surface area contributed by atoms with Gasteiger partial charge in [0.15, 0.2) is 5.82 Å². The summed E-state index contributed by atoms with van der Waals surface area (Å²) in [6.45, 7) is 6.34. The molecule has 2 heterocycles. The lowest BCUT2D eigenvalue weighted by Gasteiger charge is -2.19. The molecule has 0 spiro atoms. The summed E-state index contributed by atoms with van der Waals surface area (Å²) in [5.41, 5.74) is 0. The summed E-state index contributed by atoms with van der Waals surface area (Å²) < 4.78 is 12.5. The van der Waals surface area contributed by atoms with Crippen molar-refractivity contribution in [3.05, 3.63) is 5.82 Å². The van der Waals surface area contributed by atoms with Crippen molar-refractivity contribution < 1.29 is 9.47 Å². The van der Waals surface area contributed by atoms with Crippen LogP contribution < -0.4 is 5.32 Å². The summed E-state index contributed by atoms with van der Waals surface area (Å²) >= 11 is 0. The number of aromatic nitrogens is 4. The van der Waals surface area contributed by atoms with Crippen LogP contribution in [0.4, 0.5) is 0 Å². The molecule has 1 N–H and O–H groups in total. The first-order valence-electron chi connectivity index (χ1n) is 6.35. The van der Waals surface area contributed by atoms with Crippen LogP contribution in [0.15, 0.2) is 0 Å². The number of ether oxygens (including phenoxy) is 2. The summed E-state index contributed by atoms with van der Waals surface area (Å²) in [5, 5.41) is 15.3. The number of methoxy groups -OCH3 is 1. The highest BCUT2D eigenvalue weighted by Crippen LogP contribution is 2.26. The maximum absolute atomic E-state index is 5.57. The molecule has 1 aliphatic heterocycles. The van der Waals surface area contributed by atoms with Gasteiger partial charge in [-0.25, -0.2) is 4.68 Å². The fraction of sp³-hybridized carbons (Fsp3) is 0.909. The molecule has 1 saturated heterocycles. The zero-order valence-corrected chi connectivity index (χ0v) is 11.2. The molecule has 3 atom stereocenters. The molecule has 18 heavy (non-hydrogen) atoms. The lowest BCUT2D eigenvalue weighted by molar-refractivity contribution is 0.103. The van der Waals surface area contributed by atoms with Crippen LogP contribution in [0.2, 0.25) is 0 Å². The Kier molecular flexibility index (Phi) is 4.62. The molecular weight excluding hydrogens is 234 g/mol. The Balaban J connectivity index is 2.02. The van der Waals surface area contributed by atoms with Gasteiger partial charge >= 0.3 is 0 Å². The number of rotatable bonds is 6. The van der Waals surface area contributed by atoms with E-state index in [1.165, 1.54) is 0 Å². The highest BCUT2D eigenvalue weighted by Gasteiger charge is 2.30. The van der Waals surface area contributed by atoms with E-state index in [0.717, 1.165) is 25.4 Å².